The summed E-state index contributed by atoms with van der Waals surface area (Å²) < 4.78 is 0. The Morgan fingerprint density at radius 3 is 2.72 bits per heavy atom. The average molecular weight is 387 g/mol. The van der Waals surface area contributed by atoms with E-state index >= 15 is 0 Å². The van der Waals surface area contributed by atoms with Gasteiger partial charge in [0.25, 0.3) is 5.56 Å². The van der Waals surface area contributed by atoms with Crippen LogP contribution in [0.1, 0.15) is 15.5 Å². The first-order valence-electron chi connectivity index (χ1n) is 7.45. The van der Waals surface area contributed by atoms with Crippen molar-refractivity contribution in [1.29, 1.82) is 0 Å². The van der Waals surface area contributed by atoms with E-state index in [-0.39, 0.29) is 17.8 Å². The Hall–Kier alpha value is -2.28. The normalized spacial score (nSPS) is 11.1. The van der Waals surface area contributed by atoms with Crippen LogP contribution < -0.4 is 5.56 Å². The van der Waals surface area contributed by atoms with E-state index in [0.717, 1.165) is 11.1 Å². The van der Waals surface area contributed by atoms with Gasteiger partial charge in [-0.3, -0.25) is 9.59 Å². The maximum Gasteiger partial charge on any atom is 0.260 e. The zero-order chi connectivity index (χ0) is 17.4. The van der Waals surface area contributed by atoms with Crippen molar-refractivity contribution in [2.45, 2.75) is 6.42 Å². The van der Waals surface area contributed by atoms with Crippen LogP contribution >= 0.6 is 34.3 Å². The molecule has 0 aliphatic rings. The van der Waals surface area contributed by atoms with Gasteiger partial charge in [0.15, 0.2) is 5.78 Å². The molecule has 4 rings (SSSR count). The fraction of sp³-hybridized carbons (Fsp3) is 0.0556. The van der Waals surface area contributed by atoms with Crippen molar-refractivity contribution in [2.75, 3.05) is 0 Å². The van der Waals surface area contributed by atoms with E-state index in [9.17, 15) is 9.59 Å². The fourth-order valence-electron chi connectivity index (χ4n) is 2.63. The number of Topliss-reactive ketones (excluding diaryl/α,β-unsaturated/α-hetero) is 1. The molecule has 4 nitrogen and oxygen atoms in total. The van der Waals surface area contributed by atoms with E-state index in [0.29, 0.717) is 25.9 Å². The molecule has 0 aliphatic carbocycles. The summed E-state index contributed by atoms with van der Waals surface area (Å²) in [5.74, 6) is 0.323. The van der Waals surface area contributed by atoms with Crippen LogP contribution in [0.3, 0.4) is 0 Å². The fourth-order valence-corrected chi connectivity index (χ4v) is 4.49. The third-order valence-corrected chi connectivity index (χ3v) is 5.89. The molecule has 0 amide bonds. The number of rotatable bonds is 4. The van der Waals surface area contributed by atoms with Crippen LogP contribution in [-0.2, 0) is 6.42 Å². The van der Waals surface area contributed by atoms with E-state index in [4.69, 9.17) is 11.6 Å². The highest BCUT2D eigenvalue weighted by Gasteiger charge is 2.16. The Bertz CT molecular complexity index is 1130. The summed E-state index contributed by atoms with van der Waals surface area (Å²) in [7, 11) is 0. The molecular formula is C18H11ClN2O2S2. The summed E-state index contributed by atoms with van der Waals surface area (Å²) >= 11 is 9.01. The molecular weight excluding hydrogens is 376 g/mol. The van der Waals surface area contributed by atoms with Gasteiger partial charge in [-0.05, 0) is 17.5 Å². The number of fused-ring (bicyclic) bond motifs is 1. The first-order chi connectivity index (χ1) is 12.1. The Morgan fingerprint density at radius 2 is 1.96 bits per heavy atom. The zero-order valence-corrected chi connectivity index (χ0v) is 15.2. The van der Waals surface area contributed by atoms with Crippen LogP contribution in [0.4, 0.5) is 0 Å². The maximum atomic E-state index is 12.6. The zero-order valence-electron chi connectivity index (χ0n) is 12.8. The molecule has 1 N–H and O–H groups in total. The van der Waals surface area contributed by atoms with Gasteiger partial charge in [-0.25, -0.2) is 4.98 Å². The number of nitrogens with one attached hydrogen (secondary N) is 1. The molecule has 0 saturated carbocycles. The molecule has 3 heterocycles. The summed E-state index contributed by atoms with van der Waals surface area (Å²) in [6.07, 6.45) is 0.0744. The molecule has 0 aliphatic heterocycles. The summed E-state index contributed by atoms with van der Waals surface area (Å²) in [6.45, 7) is 0. The van der Waals surface area contributed by atoms with Gasteiger partial charge in [0.1, 0.15) is 10.7 Å². The third kappa shape index (κ3) is 3.04. The Kier molecular flexibility index (Phi) is 4.25. The molecule has 0 radical (unpaired) electrons. The van der Waals surface area contributed by atoms with Crippen LogP contribution in [0.5, 0.6) is 0 Å². The monoisotopic (exact) mass is 386 g/mol. The quantitative estimate of drug-likeness (QED) is 0.513. The Balaban J connectivity index is 1.76. The SMILES string of the molecule is O=C(Cc1nc2scc(-c3ccccc3Cl)c2c(=O)[nH]1)c1cccs1. The Morgan fingerprint density at radius 1 is 1.12 bits per heavy atom. The molecule has 3 aromatic heterocycles. The lowest BCUT2D eigenvalue weighted by atomic mass is 10.1. The number of hydrogen-bond acceptors (Lipinski definition) is 5. The standard InChI is InChI=1S/C18H11ClN2O2S2/c19-12-5-2-1-4-10(12)11-9-25-18-16(11)17(23)20-15(21-18)8-13(22)14-6-3-7-24-14/h1-7,9H,8H2,(H,20,21,23). The minimum atomic E-state index is -0.254. The number of hydrogen-bond donors (Lipinski definition) is 1. The van der Waals surface area contributed by atoms with Crippen molar-refractivity contribution in [3.63, 3.8) is 0 Å². The predicted molar refractivity (Wildman–Crippen MR) is 103 cm³/mol. The molecule has 0 spiro atoms. The second kappa shape index (κ2) is 6.55. The molecule has 4 aromatic rings. The maximum absolute atomic E-state index is 12.6. The van der Waals surface area contributed by atoms with Gasteiger partial charge in [-0.1, -0.05) is 35.9 Å². The number of benzene rings is 1. The average Bonchev–Trinajstić information content (AvgIpc) is 3.25. The van der Waals surface area contributed by atoms with Gasteiger partial charge in [0, 0.05) is 21.5 Å². The summed E-state index contributed by atoms with van der Waals surface area (Å²) in [5.41, 5.74) is 1.30. The molecule has 25 heavy (non-hydrogen) atoms. The van der Waals surface area contributed by atoms with Gasteiger partial charge in [-0.2, -0.15) is 0 Å². The van der Waals surface area contributed by atoms with Gasteiger partial charge in [0.2, 0.25) is 0 Å². The van der Waals surface area contributed by atoms with Gasteiger partial charge >= 0.3 is 0 Å². The predicted octanol–water partition coefficient (Wildman–Crippen LogP) is 4.79. The minimum absolute atomic E-state index is 0.0552. The number of thiophene rings is 2. The number of ketones is 1. The smallest absolute Gasteiger partial charge is 0.260 e. The number of aromatic amines is 1. The number of carbonyl (C=O) groups excluding carboxylic acids is 1. The molecule has 0 atom stereocenters. The van der Waals surface area contributed by atoms with Gasteiger partial charge in [-0.15, -0.1) is 22.7 Å². The third-order valence-electron chi connectivity index (χ3n) is 3.78. The summed E-state index contributed by atoms with van der Waals surface area (Å²) in [6, 6.07) is 11.0. The minimum Gasteiger partial charge on any atom is -0.310 e. The van der Waals surface area contributed by atoms with Crippen LogP contribution in [0.15, 0.2) is 52.0 Å². The van der Waals surface area contributed by atoms with Crippen LogP contribution in [-0.4, -0.2) is 15.8 Å². The topological polar surface area (TPSA) is 62.8 Å². The van der Waals surface area contributed by atoms with Crippen molar-refractivity contribution in [3.8, 4) is 11.1 Å². The number of carbonyl (C=O) groups is 1. The van der Waals surface area contributed by atoms with Crippen molar-refractivity contribution in [2.24, 2.45) is 0 Å². The molecule has 0 saturated heterocycles. The lowest BCUT2D eigenvalue weighted by Crippen LogP contribution is -2.14. The molecule has 1 aromatic carbocycles. The first kappa shape index (κ1) is 16.2. The molecule has 124 valence electrons. The van der Waals surface area contributed by atoms with E-state index in [1.54, 1.807) is 12.1 Å². The number of H-pyrrole nitrogens is 1. The highest BCUT2D eigenvalue weighted by atomic mass is 35.5. The van der Waals surface area contributed by atoms with Crippen LogP contribution in [0.2, 0.25) is 5.02 Å². The number of nitrogens with zero attached hydrogens (tertiary/aromatic N) is 1. The summed E-state index contributed by atoms with van der Waals surface area (Å²) in [4.78, 5) is 33.3. The van der Waals surface area contributed by atoms with Crippen molar-refractivity contribution in [3.05, 3.63) is 73.2 Å². The van der Waals surface area contributed by atoms with E-state index in [1.165, 1.54) is 22.7 Å². The molecule has 0 fully saturated rings. The Labute approximate surface area is 155 Å². The second-order valence-electron chi connectivity index (χ2n) is 5.40. The second-order valence-corrected chi connectivity index (χ2v) is 7.61. The largest absolute Gasteiger partial charge is 0.310 e. The molecule has 0 bridgehead atoms. The van der Waals surface area contributed by atoms with E-state index in [2.05, 4.69) is 9.97 Å². The lowest BCUT2D eigenvalue weighted by molar-refractivity contribution is 0.0994. The van der Waals surface area contributed by atoms with Crippen molar-refractivity contribution >= 4 is 50.3 Å². The number of aromatic nitrogens is 2. The van der Waals surface area contributed by atoms with Crippen LogP contribution in [0, 0.1) is 0 Å². The van der Waals surface area contributed by atoms with Crippen molar-refractivity contribution < 1.29 is 4.79 Å². The highest BCUT2D eigenvalue weighted by molar-refractivity contribution is 7.17. The highest BCUT2D eigenvalue weighted by Crippen LogP contribution is 2.34. The van der Waals surface area contributed by atoms with Gasteiger partial charge in [0.05, 0.1) is 16.7 Å². The van der Waals surface area contributed by atoms with E-state index < -0.39 is 0 Å². The molecule has 7 heteroatoms. The van der Waals surface area contributed by atoms with Crippen molar-refractivity contribution in [1.82, 2.24) is 9.97 Å². The summed E-state index contributed by atoms with van der Waals surface area (Å²) in [5, 5.41) is 4.81. The van der Waals surface area contributed by atoms with Crippen LogP contribution in [0.25, 0.3) is 21.3 Å². The lowest BCUT2D eigenvalue weighted by Gasteiger charge is -2.03. The molecule has 0 unspecified atom stereocenters. The first-order valence-corrected chi connectivity index (χ1v) is 9.59. The van der Waals surface area contributed by atoms with Gasteiger partial charge < -0.3 is 4.98 Å². The number of halogens is 1. The van der Waals surface area contributed by atoms with E-state index in [1.807, 2.05) is 35.0 Å².